The van der Waals surface area contributed by atoms with Gasteiger partial charge in [0.2, 0.25) is 0 Å². The van der Waals surface area contributed by atoms with E-state index >= 15 is 0 Å². The van der Waals surface area contributed by atoms with Crippen molar-refractivity contribution in [1.82, 2.24) is 0 Å². The van der Waals surface area contributed by atoms with E-state index in [1.54, 1.807) is 6.92 Å². The summed E-state index contributed by atoms with van der Waals surface area (Å²) in [5, 5.41) is 9.68. The zero-order chi connectivity index (χ0) is 15.3. The van der Waals surface area contributed by atoms with Crippen molar-refractivity contribution >= 4 is 11.9 Å². The maximum Gasteiger partial charge on any atom is 0.313 e. The van der Waals surface area contributed by atoms with E-state index in [0.29, 0.717) is 13.0 Å². The molecule has 4 nitrogen and oxygen atoms in total. The second-order valence-electron chi connectivity index (χ2n) is 6.16. The maximum absolute atomic E-state index is 12.6. The Hall–Kier alpha value is -1.06. The third-order valence-corrected chi connectivity index (χ3v) is 4.81. The first-order valence-corrected chi connectivity index (χ1v) is 7.81. The van der Waals surface area contributed by atoms with Crippen LogP contribution in [0.4, 0.5) is 0 Å². The molecular formula is C16H28O4. The van der Waals surface area contributed by atoms with Gasteiger partial charge in [0.1, 0.15) is 0 Å². The number of carbonyl (C=O) groups is 2. The predicted molar refractivity (Wildman–Crippen MR) is 77.3 cm³/mol. The summed E-state index contributed by atoms with van der Waals surface area (Å²) >= 11 is 0. The summed E-state index contributed by atoms with van der Waals surface area (Å²) in [6.45, 7) is 7.78. The Labute approximate surface area is 121 Å². The van der Waals surface area contributed by atoms with Gasteiger partial charge in [-0.15, -0.1) is 0 Å². The lowest BCUT2D eigenvalue weighted by Gasteiger charge is -2.42. The van der Waals surface area contributed by atoms with Crippen LogP contribution in [0.1, 0.15) is 59.8 Å². The minimum atomic E-state index is -0.873. The Morgan fingerprint density at radius 2 is 1.80 bits per heavy atom. The third kappa shape index (κ3) is 2.99. The van der Waals surface area contributed by atoms with E-state index in [9.17, 15) is 14.7 Å². The van der Waals surface area contributed by atoms with Gasteiger partial charge in [0.15, 0.2) is 0 Å². The summed E-state index contributed by atoms with van der Waals surface area (Å²) in [6.07, 6.45) is 4.56. The molecule has 0 radical (unpaired) electrons. The normalized spacial score (nSPS) is 20.6. The van der Waals surface area contributed by atoms with Crippen LogP contribution in [0.25, 0.3) is 0 Å². The van der Waals surface area contributed by atoms with Gasteiger partial charge in [-0.2, -0.15) is 0 Å². The molecule has 2 unspecified atom stereocenters. The molecule has 1 aliphatic rings. The molecule has 0 aromatic rings. The topological polar surface area (TPSA) is 63.6 Å². The summed E-state index contributed by atoms with van der Waals surface area (Å²) in [5.74, 6) is -1.81. The van der Waals surface area contributed by atoms with Crippen molar-refractivity contribution in [2.24, 2.45) is 23.2 Å². The first-order valence-electron chi connectivity index (χ1n) is 7.81. The highest BCUT2D eigenvalue weighted by atomic mass is 16.5. The summed E-state index contributed by atoms with van der Waals surface area (Å²) in [5.41, 5.74) is -0.869. The van der Waals surface area contributed by atoms with Crippen LogP contribution < -0.4 is 0 Å². The van der Waals surface area contributed by atoms with Crippen molar-refractivity contribution in [1.29, 1.82) is 0 Å². The Kier molecular flexibility index (Phi) is 6.03. The Morgan fingerprint density at radius 1 is 1.25 bits per heavy atom. The van der Waals surface area contributed by atoms with E-state index in [0.717, 1.165) is 25.7 Å². The van der Waals surface area contributed by atoms with Crippen LogP contribution in [-0.2, 0) is 14.3 Å². The standard InChI is InChI=1S/C16H28O4/c1-5-16(15(19)20-6-2,12-9-7-8-10-12)13(11(3)4)14(17)18/h11-13H,5-10H2,1-4H3,(H,17,18). The first kappa shape index (κ1) is 17.0. The van der Waals surface area contributed by atoms with E-state index in [4.69, 9.17) is 4.74 Å². The summed E-state index contributed by atoms with van der Waals surface area (Å²) in [7, 11) is 0. The molecule has 1 saturated carbocycles. The van der Waals surface area contributed by atoms with Gasteiger partial charge in [-0.3, -0.25) is 9.59 Å². The molecule has 0 saturated heterocycles. The molecule has 0 bridgehead atoms. The van der Waals surface area contributed by atoms with E-state index in [-0.39, 0.29) is 17.8 Å². The molecule has 1 rings (SSSR count). The fourth-order valence-electron chi connectivity index (χ4n) is 4.01. The number of hydrogen-bond acceptors (Lipinski definition) is 3. The third-order valence-electron chi connectivity index (χ3n) is 4.81. The molecule has 0 aromatic heterocycles. The highest BCUT2D eigenvalue weighted by Crippen LogP contribution is 2.50. The lowest BCUT2D eigenvalue weighted by Crippen LogP contribution is -2.50. The van der Waals surface area contributed by atoms with Crippen molar-refractivity contribution in [2.75, 3.05) is 6.61 Å². The quantitative estimate of drug-likeness (QED) is 0.727. The molecule has 4 heteroatoms. The van der Waals surface area contributed by atoms with Crippen molar-refractivity contribution in [3.8, 4) is 0 Å². The van der Waals surface area contributed by atoms with Crippen LogP contribution >= 0.6 is 0 Å². The molecule has 1 N–H and O–H groups in total. The number of carboxylic acids is 1. The average molecular weight is 284 g/mol. The van der Waals surface area contributed by atoms with Gasteiger partial charge >= 0.3 is 11.9 Å². The van der Waals surface area contributed by atoms with Crippen LogP contribution in [0.3, 0.4) is 0 Å². The maximum atomic E-state index is 12.6. The van der Waals surface area contributed by atoms with Crippen LogP contribution in [0.5, 0.6) is 0 Å². The van der Waals surface area contributed by atoms with Crippen LogP contribution in [0.2, 0.25) is 0 Å². The Balaban J connectivity index is 3.27. The van der Waals surface area contributed by atoms with Crippen LogP contribution in [-0.4, -0.2) is 23.7 Å². The van der Waals surface area contributed by atoms with Gasteiger partial charge in [0.25, 0.3) is 0 Å². The summed E-state index contributed by atoms with van der Waals surface area (Å²) < 4.78 is 5.29. The molecule has 0 heterocycles. The molecule has 0 aromatic carbocycles. The van der Waals surface area contributed by atoms with E-state index < -0.39 is 17.3 Å². The monoisotopic (exact) mass is 284 g/mol. The summed E-state index contributed by atoms with van der Waals surface area (Å²) in [4.78, 5) is 24.5. The molecule has 116 valence electrons. The first-order chi connectivity index (χ1) is 9.41. The second kappa shape index (κ2) is 7.09. The number of carboxylic acid groups (broad SMARTS) is 1. The fourth-order valence-corrected chi connectivity index (χ4v) is 4.01. The molecule has 2 atom stereocenters. The van der Waals surface area contributed by atoms with Crippen molar-refractivity contribution in [3.63, 3.8) is 0 Å². The zero-order valence-electron chi connectivity index (χ0n) is 13.1. The number of rotatable bonds is 7. The Morgan fingerprint density at radius 3 is 2.15 bits per heavy atom. The second-order valence-corrected chi connectivity index (χ2v) is 6.16. The Bertz CT molecular complexity index is 344. The van der Waals surface area contributed by atoms with E-state index in [1.165, 1.54) is 0 Å². The number of hydrogen-bond donors (Lipinski definition) is 1. The number of aliphatic carboxylic acids is 1. The van der Waals surface area contributed by atoms with Crippen molar-refractivity contribution in [2.45, 2.75) is 59.8 Å². The predicted octanol–water partition coefficient (Wildman–Crippen LogP) is 3.49. The minimum Gasteiger partial charge on any atom is -0.481 e. The molecule has 0 amide bonds. The highest BCUT2D eigenvalue weighted by molar-refractivity contribution is 5.85. The number of ether oxygens (including phenoxy) is 1. The van der Waals surface area contributed by atoms with Crippen molar-refractivity contribution < 1.29 is 19.4 Å². The fraction of sp³-hybridized carbons (Fsp3) is 0.875. The lowest BCUT2D eigenvalue weighted by atomic mass is 9.60. The largest absolute Gasteiger partial charge is 0.481 e. The SMILES string of the molecule is CCOC(=O)C(CC)(C1CCCC1)C(C(=O)O)C(C)C. The van der Waals surface area contributed by atoms with Gasteiger partial charge < -0.3 is 9.84 Å². The number of carbonyl (C=O) groups excluding carboxylic acids is 1. The van der Waals surface area contributed by atoms with Gasteiger partial charge in [0, 0.05) is 0 Å². The minimum absolute atomic E-state index is 0.0857. The zero-order valence-corrected chi connectivity index (χ0v) is 13.1. The average Bonchev–Trinajstić information content (AvgIpc) is 2.88. The van der Waals surface area contributed by atoms with Crippen LogP contribution in [0.15, 0.2) is 0 Å². The molecule has 1 aliphatic carbocycles. The molecular weight excluding hydrogens is 256 g/mol. The van der Waals surface area contributed by atoms with E-state index in [2.05, 4.69) is 0 Å². The highest BCUT2D eigenvalue weighted by Gasteiger charge is 2.55. The van der Waals surface area contributed by atoms with Gasteiger partial charge in [-0.1, -0.05) is 33.6 Å². The van der Waals surface area contributed by atoms with Gasteiger partial charge in [-0.25, -0.2) is 0 Å². The molecule has 20 heavy (non-hydrogen) atoms. The van der Waals surface area contributed by atoms with E-state index in [1.807, 2.05) is 20.8 Å². The van der Waals surface area contributed by atoms with Gasteiger partial charge in [-0.05, 0) is 38.0 Å². The molecule has 0 aliphatic heterocycles. The van der Waals surface area contributed by atoms with Crippen molar-refractivity contribution in [3.05, 3.63) is 0 Å². The smallest absolute Gasteiger partial charge is 0.313 e. The molecule has 1 fully saturated rings. The van der Waals surface area contributed by atoms with Gasteiger partial charge in [0.05, 0.1) is 17.9 Å². The molecule has 0 spiro atoms. The summed E-state index contributed by atoms with van der Waals surface area (Å²) in [6, 6.07) is 0. The van der Waals surface area contributed by atoms with Crippen LogP contribution in [0, 0.1) is 23.2 Å². The number of esters is 1. The lowest BCUT2D eigenvalue weighted by molar-refractivity contribution is -0.175.